The quantitative estimate of drug-likeness (QED) is 0.185. The summed E-state index contributed by atoms with van der Waals surface area (Å²) in [6.07, 6.45) is 3.54. The standard InChI is InChI=1S/C28H42BrN3O7/c1-7-9-11-19(34)30-16-17(3)38-26(37)20-21-24(35)31(13-10-14-33)23(28(21)15-18(29)22(20)39-28)25(36)32(12-8-2)27(4,5)6/h7-8,17-18,20-23,33H,1-2,9-16H2,3-6H3,(H,30,34)/t17-,18?,20-,21+,22-,23-,28+/m1/s1. The van der Waals surface area contributed by atoms with Crippen LogP contribution in [-0.4, -0.2) is 99.1 Å². The van der Waals surface area contributed by atoms with Crippen molar-refractivity contribution in [3.8, 4) is 0 Å². The van der Waals surface area contributed by atoms with Crippen LogP contribution >= 0.6 is 15.9 Å². The molecule has 3 amide bonds. The van der Waals surface area contributed by atoms with Crippen molar-refractivity contribution in [1.29, 1.82) is 0 Å². The number of amides is 3. The first-order valence-corrected chi connectivity index (χ1v) is 14.5. The molecule has 11 heteroatoms. The van der Waals surface area contributed by atoms with E-state index in [9.17, 15) is 24.3 Å². The molecule has 3 aliphatic rings. The maximum absolute atomic E-state index is 14.2. The molecule has 0 aromatic carbocycles. The summed E-state index contributed by atoms with van der Waals surface area (Å²) in [6.45, 7) is 15.2. The molecule has 2 bridgehead atoms. The van der Waals surface area contributed by atoms with Gasteiger partial charge in [0.1, 0.15) is 17.7 Å². The Morgan fingerprint density at radius 1 is 1.33 bits per heavy atom. The number of rotatable bonds is 13. The van der Waals surface area contributed by atoms with Gasteiger partial charge >= 0.3 is 5.97 Å². The van der Waals surface area contributed by atoms with Crippen LogP contribution < -0.4 is 5.32 Å². The van der Waals surface area contributed by atoms with E-state index in [1.165, 1.54) is 4.90 Å². The molecule has 0 aromatic rings. The first-order valence-electron chi connectivity index (χ1n) is 13.6. The van der Waals surface area contributed by atoms with Gasteiger partial charge in [-0.3, -0.25) is 19.2 Å². The number of halogens is 1. The van der Waals surface area contributed by atoms with E-state index in [-0.39, 0.29) is 55.2 Å². The molecule has 0 aromatic heterocycles. The predicted octanol–water partition coefficient (Wildman–Crippen LogP) is 1.94. The van der Waals surface area contributed by atoms with Crippen molar-refractivity contribution >= 4 is 39.6 Å². The fourth-order valence-corrected chi connectivity index (χ4v) is 6.97. The molecule has 1 spiro atoms. The molecule has 218 valence electrons. The SMILES string of the molecule is C=CCCC(=O)NC[C@@H](C)OC(=O)[C@H]1[C@@H]2O[C@@]3(CC2Br)[C@@H]1C(=O)N(CCCO)[C@@H]3C(=O)N(CC=C)C(C)(C)C. The molecule has 1 unspecified atom stereocenters. The number of carbonyl (C=O) groups is 4. The van der Waals surface area contributed by atoms with Gasteiger partial charge in [-0.05, 0) is 47.0 Å². The topological polar surface area (TPSA) is 125 Å². The molecule has 0 radical (unpaired) electrons. The highest BCUT2D eigenvalue weighted by Crippen LogP contribution is 2.60. The van der Waals surface area contributed by atoms with Gasteiger partial charge in [0.2, 0.25) is 17.7 Å². The molecule has 3 heterocycles. The van der Waals surface area contributed by atoms with Crippen LogP contribution in [0.1, 0.15) is 53.4 Å². The van der Waals surface area contributed by atoms with Gasteiger partial charge in [0.15, 0.2) is 0 Å². The van der Waals surface area contributed by atoms with Gasteiger partial charge in [0.25, 0.3) is 0 Å². The van der Waals surface area contributed by atoms with Gasteiger partial charge in [-0.25, -0.2) is 0 Å². The molecule has 0 saturated carbocycles. The van der Waals surface area contributed by atoms with Gasteiger partial charge in [0, 0.05) is 36.5 Å². The Kier molecular flexibility index (Phi) is 10.0. The Labute approximate surface area is 239 Å². The van der Waals surface area contributed by atoms with Crippen molar-refractivity contribution in [3.63, 3.8) is 0 Å². The van der Waals surface area contributed by atoms with Crippen LogP contribution in [0, 0.1) is 11.8 Å². The predicted molar refractivity (Wildman–Crippen MR) is 149 cm³/mol. The summed E-state index contributed by atoms with van der Waals surface area (Å²) >= 11 is 3.64. The third-order valence-corrected chi connectivity index (χ3v) is 8.56. The lowest BCUT2D eigenvalue weighted by Crippen LogP contribution is -2.60. The summed E-state index contributed by atoms with van der Waals surface area (Å²) in [5, 5.41) is 12.3. The van der Waals surface area contributed by atoms with E-state index in [0.717, 1.165) is 0 Å². The largest absolute Gasteiger partial charge is 0.460 e. The normalized spacial score (nSPS) is 30.1. The molecular formula is C28H42BrN3O7. The highest BCUT2D eigenvalue weighted by Gasteiger charge is 2.77. The molecule has 3 aliphatic heterocycles. The fourth-order valence-electron chi connectivity index (χ4n) is 6.03. The molecule has 3 fully saturated rings. The zero-order valence-corrected chi connectivity index (χ0v) is 24.9. The van der Waals surface area contributed by atoms with Crippen LogP contribution in [0.25, 0.3) is 0 Å². The first-order chi connectivity index (χ1) is 18.3. The lowest BCUT2D eigenvalue weighted by atomic mass is 9.70. The lowest BCUT2D eigenvalue weighted by Gasteiger charge is -2.42. The monoisotopic (exact) mass is 611 g/mol. The minimum absolute atomic E-state index is 0.132. The number of esters is 1. The van der Waals surface area contributed by atoms with E-state index >= 15 is 0 Å². The van der Waals surface area contributed by atoms with E-state index in [1.54, 1.807) is 24.0 Å². The van der Waals surface area contributed by atoms with Gasteiger partial charge in [-0.2, -0.15) is 0 Å². The van der Waals surface area contributed by atoms with E-state index in [4.69, 9.17) is 9.47 Å². The average molecular weight is 613 g/mol. The van der Waals surface area contributed by atoms with Crippen molar-refractivity contribution in [3.05, 3.63) is 25.3 Å². The smallest absolute Gasteiger partial charge is 0.312 e. The Morgan fingerprint density at radius 3 is 2.62 bits per heavy atom. The Balaban J connectivity index is 1.89. The summed E-state index contributed by atoms with van der Waals surface area (Å²) in [6, 6.07) is -0.954. The number of aliphatic hydroxyl groups excluding tert-OH is 1. The van der Waals surface area contributed by atoms with Crippen molar-refractivity contribution < 1.29 is 33.8 Å². The zero-order chi connectivity index (χ0) is 29.1. The van der Waals surface area contributed by atoms with E-state index in [0.29, 0.717) is 19.3 Å². The Hall–Kier alpha value is -2.24. The summed E-state index contributed by atoms with van der Waals surface area (Å²) < 4.78 is 12.2. The van der Waals surface area contributed by atoms with Gasteiger partial charge in [0.05, 0.1) is 24.5 Å². The highest BCUT2D eigenvalue weighted by molar-refractivity contribution is 9.09. The van der Waals surface area contributed by atoms with Crippen LogP contribution in [-0.2, 0) is 28.7 Å². The second-order valence-corrected chi connectivity index (χ2v) is 12.7. The second kappa shape index (κ2) is 12.5. The number of hydrogen-bond acceptors (Lipinski definition) is 7. The number of ether oxygens (including phenoxy) is 2. The fraction of sp³-hybridized carbons (Fsp3) is 0.714. The summed E-state index contributed by atoms with van der Waals surface area (Å²) in [5.74, 6) is -3.19. The number of alkyl halides is 1. The maximum atomic E-state index is 14.2. The van der Waals surface area contributed by atoms with Crippen LogP contribution in [0.5, 0.6) is 0 Å². The number of fused-ring (bicyclic) bond motifs is 1. The summed E-state index contributed by atoms with van der Waals surface area (Å²) in [7, 11) is 0. The van der Waals surface area contributed by atoms with Gasteiger partial charge in [-0.15, -0.1) is 13.2 Å². The number of carbonyl (C=O) groups excluding carboxylic acids is 4. The molecule has 39 heavy (non-hydrogen) atoms. The molecule has 3 rings (SSSR count). The van der Waals surface area contributed by atoms with Gasteiger partial charge < -0.3 is 29.7 Å². The average Bonchev–Trinajstić information content (AvgIpc) is 3.45. The van der Waals surface area contributed by atoms with Crippen LogP contribution in [0.4, 0.5) is 0 Å². The molecular weight excluding hydrogens is 570 g/mol. The first kappa shape index (κ1) is 31.3. The van der Waals surface area contributed by atoms with Crippen LogP contribution in [0.2, 0.25) is 0 Å². The molecule has 3 saturated heterocycles. The van der Waals surface area contributed by atoms with Crippen molar-refractivity contribution in [2.24, 2.45) is 11.8 Å². The van der Waals surface area contributed by atoms with Gasteiger partial charge in [-0.1, -0.05) is 28.1 Å². The minimum Gasteiger partial charge on any atom is -0.460 e. The van der Waals surface area contributed by atoms with E-state index in [2.05, 4.69) is 34.4 Å². The number of likely N-dealkylation sites (tertiary alicyclic amines) is 1. The van der Waals surface area contributed by atoms with Crippen LogP contribution in [0.3, 0.4) is 0 Å². The third kappa shape index (κ3) is 6.10. The van der Waals surface area contributed by atoms with E-state index < -0.39 is 47.2 Å². The molecule has 10 nitrogen and oxygen atoms in total. The summed E-state index contributed by atoms with van der Waals surface area (Å²) in [4.78, 5) is 56.5. The lowest BCUT2D eigenvalue weighted by molar-refractivity contribution is -0.159. The highest BCUT2D eigenvalue weighted by atomic mass is 79.9. The van der Waals surface area contributed by atoms with Crippen molar-refractivity contribution in [2.75, 3.05) is 26.2 Å². The molecule has 7 atom stereocenters. The second-order valence-electron chi connectivity index (χ2n) is 11.6. The maximum Gasteiger partial charge on any atom is 0.312 e. The Bertz CT molecular complexity index is 983. The zero-order valence-electron chi connectivity index (χ0n) is 23.4. The number of nitrogens with zero attached hydrogens (tertiary/aromatic N) is 2. The number of allylic oxidation sites excluding steroid dienone is 1. The van der Waals surface area contributed by atoms with Crippen molar-refractivity contribution in [2.45, 2.75) is 87.6 Å². The molecule has 2 N–H and O–H groups in total. The van der Waals surface area contributed by atoms with Crippen LogP contribution in [0.15, 0.2) is 25.3 Å². The molecule has 0 aliphatic carbocycles. The minimum atomic E-state index is -1.21. The number of hydrogen-bond donors (Lipinski definition) is 2. The van der Waals surface area contributed by atoms with E-state index in [1.807, 2.05) is 20.8 Å². The third-order valence-electron chi connectivity index (χ3n) is 7.72. The van der Waals surface area contributed by atoms with Crippen molar-refractivity contribution in [1.82, 2.24) is 15.1 Å². The Morgan fingerprint density at radius 2 is 2.03 bits per heavy atom. The summed E-state index contributed by atoms with van der Waals surface area (Å²) in [5.41, 5.74) is -1.76. The number of nitrogens with one attached hydrogen (secondary N) is 1. The number of aliphatic hydroxyl groups is 1.